The third-order valence-electron chi connectivity index (χ3n) is 10.9. The lowest BCUT2D eigenvalue weighted by atomic mass is 9.48. The maximum Gasteiger partial charge on any atom is 0.259 e. The van der Waals surface area contributed by atoms with Crippen molar-refractivity contribution >= 4 is 11.8 Å². The number of hydrogen-bond acceptors (Lipinski definition) is 2. The van der Waals surface area contributed by atoms with Crippen molar-refractivity contribution in [3.63, 3.8) is 0 Å². The quantitative estimate of drug-likeness (QED) is 0.425. The van der Waals surface area contributed by atoms with E-state index in [4.69, 9.17) is 0 Å². The number of likely N-dealkylation sites (N-methyl/N-ethyl adjacent to an activating group) is 1. The maximum atomic E-state index is 14.3. The Bertz CT molecular complexity index is 1180. The molecule has 4 aliphatic rings. The summed E-state index contributed by atoms with van der Waals surface area (Å²) in [5.74, 6) is 1.78. The molecule has 3 saturated carbocycles. The molecule has 6 atom stereocenters. The van der Waals surface area contributed by atoms with Gasteiger partial charge in [0.2, 0.25) is 0 Å². The van der Waals surface area contributed by atoms with E-state index in [9.17, 15) is 9.59 Å². The van der Waals surface area contributed by atoms with Gasteiger partial charge in [0.25, 0.3) is 11.8 Å². The third kappa shape index (κ3) is 4.21. The van der Waals surface area contributed by atoms with Crippen molar-refractivity contribution in [1.29, 1.82) is 0 Å². The van der Waals surface area contributed by atoms with Crippen LogP contribution in [0.2, 0.25) is 0 Å². The minimum Gasteiger partial charge on any atom is -0.338 e. The Kier molecular flexibility index (Phi) is 6.48. The Morgan fingerprint density at radius 1 is 0.868 bits per heavy atom. The monoisotopic (exact) mass is 510 g/mol. The summed E-state index contributed by atoms with van der Waals surface area (Å²) in [5.41, 5.74) is 2.85. The summed E-state index contributed by atoms with van der Waals surface area (Å²) in [7, 11) is 1.94. The summed E-state index contributed by atoms with van der Waals surface area (Å²) in [6, 6.07) is 20.4. The lowest BCUT2D eigenvalue weighted by Gasteiger charge is -2.60. The summed E-state index contributed by atoms with van der Waals surface area (Å²) >= 11 is 0. The fourth-order valence-electron chi connectivity index (χ4n) is 9.01. The minimum atomic E-state index is -0.161. The Morgan fingerprint density at radius 3 is 2.13 bits per heavy atom. The number of nitrogens with zero attached hydrogens (tertiary/aromatic N) is 2. The summed E-state index contributed by atoms with van der Waals surface area (Å²) < 4.78 is 0. The van der Waals surface area contributed by atoms with Crippen LogP contribution in [0.3, 0.4) is 0 Å². The molecule has 2 aromatic carbocycles. The highest BCUT2D eigenvalue weighted by Crippen LogP contribution is 2.64. The average molecular weight is 511 g/mol. The molecule has 0 saturated heterocycles. The lowest BCUT2D eigenvalue weighted by molar-refractivity contribution is -0.144. The normalized spacial score (nSPS) is 34.1. The minimum absolute atomic E-state index is 0.108. The first-order valence-electron chi connectivity index (χ1n) is 14.7. The zero-order valence-corrected chi connectivity index (χ0v) is 23.2. The highest BCUT2D eigenvalue weighted by atomic mass is 16.2. The van der Waals surface area contributed by atoms with Crippen molar-refractivity contribution in [1.82, 2.24) is 9.80 Å². The number of carbonyl (C=O) groups excluding carboxylic acids is 2. The van der Waals surface area contributed by atoms with Crippen LogP contribution in [0.4, 0.5) is 0 Å². The fourth-order valence-corrected chi connectivity index (χ4v) is 9.01. The van der Waals surface area contributed by atoms with Gasteiger partial charge in [0.15, 0.2) is 0 Å². The van der Waals surface area contributed by atoms with E-state index in [0.29, 0.717) is 35.9 Å². The van der Waals surface area contributed by atoms with Gasteiger partial charge in [-0.15, -0.1) is 0 Å². The molecule has 2 aromatic rings. The summed E-state index contributed by atoms with van der Waals surface area (Å²) in [6.45, 7) is 5.85. The largest absolute Gasteiger partial charge is 0.338 e. The van der Waals surface area contributed by atoms with E-state index < -0.39 is 0 Å². The van der Waals surface area contributed by atoms with Gasteiger partial charge in [-0.3, -0.25) is 9.59 Å². The molecular weight excluding hydrogens is 468 g/mol. The third-order valence-corrected chi connectivity index (χ3v) is 10.9. The first-order valence-corrected chi connectivity index (χ1v) is 14.7. The molecule has 200 valence electrons. The highest BCUT2D eigenvalue weighted by molar-refractivity contribution is 6.19. The van der Waals surface area contributed by atoms with Gasteiger partial charge in [-0.1, -0.05) is 87.0 Å². The number of hydrogen-bond donors (Lipinski definition) is 0. The smallest absolute Gasteiger partial charge is 0.259 e. The number of fused-ring (bicyclic) bond motifs is 5. The van der Waals surface area contributed by atoms with Crippen LogP contribution in [-0.2, 0) is 22.7 Å². The molecular formula is C34H42N2O2. The van der Waals surface area contributed by atoms with Crippen LogP contribution in [0.5, 0.6) is 0 Å². The van der Waals surface area contributed by atoms with Crippen molar-refractivity contribution in [2.75, 3.05) is 7.05 Å². The molecule has 0 bridgehead atoms. The van der Waals surface area contributed by atoms with E-state index in [1.54, 1.807) is 0 Å². The van der Waals surface area contributed by atoms with E-state index in [2.05, 4.69) is 44.2 Å². The first-order chi connectivity index (χ1) is 18.3. The van der Waals surface area contributed by atoms with Crippen LogP contribution in [0.25, 0.3) is 0 Å². The average Bonchev–Trinajstić information content (AvgIpc) is 3.33. The molecule has 1 heterocycles. The van der Waals surface area contributed by atoms with Crippen LogP contribution < -0.4 is 0 Å². The molecule has 0 aromatic heterocycles. The topological polar surface area (TPSA) is 40.6 Å². The zero-order chi connectivity index (χ0) is 26.5. The van der Waals surface area contributed by atoms with Crippen LogP contribution in [-0.4, -0.2) is 34.7 Å². The second-order valence-electron chi connectivity index (χ2n) is 13.0. The van der Waals surface area contributed by atoms with Gasteiger partial charge < -0.3 is 9.80 Å². The number of benzene rings is 2. The number of carbonyl (C=O) groups is 2. The van der Waals surface area contributed by atoms with E-state index >= 15 is 0 Å². The van der Waals surface area contributed by atoms with Gasteiger partial charge >= 0.3 is 0 Å². The predicted molar refractivity (Wildman–Crippen MR) is 151 cm³/mol. The molecule has 0 spiro atoms. The Balaban J connectivity index is 1.35. The van der Waals surface area contributed by atoms with Crippen molar-refractivity contribution in [3.05, 3.63) is 83.4 Å². The van der Waals surface area contributed by atoms with Gasteiger partial charge in [-0.2, -0.15) is 0 Å². The zero-order valence-electron chi connectivity index (χ0n) is 23.2. The van der Waals surface area contributed by atoms with Crippen molar-refractivity contribution < 1.29 is 9.59 Å². The number of amides is 2. The van der Waals surface area contributed by atoms with Crippen LogP contribution >= 0.6 is 0 Å². The van der Waals surface area contributed by atoms with Crippen molar-refractivity contribution in [2.45, 2.75) is 77.9 Å². The Hall–Kier alpha value is -2.88. The van der Waals surface area contributed by atoms with Gasteiger partial charge in [0.05, 0.1) is 0 Å². The second kappa shape index (κ2) is 9.70. The summed E-state index contributed by atoms with van der Waals surface area (Å²) in [6.07, 6.45) is 11.0. The van der Waals surface area contributed by atoms with Crippen molar-refractivity contribution in [3.8, 4) is 0 Å². The molecule has 2 amide bonds. The first kappa shape index (κ1) is 25.4. The highest BCUT2D eigenvalue weighted by Gasteiger charge is 2.59. The molecule has 38 heavy (non-hydrogen) atoms. The summed E-state index contributed by atoms with van der Waals surface area (Å²) in [4.78, 5) is 31.8. The lowest BCUT2D eigenvalue weighted by Crippen LogP contribution is -2.61. The van der Waals surface area contributed by atoms with Crippen LogP contribution in [0.1, 0.15) is 69.9 Å². The molecule has 0 radical (unpaired) electrons. The molecule has 0 N–H and O–H groups in total. The summed E-state index contributed by atoms with van der Waals surface area (Å²) in [5, 5.41) is 0. The Labute approximate surface area is 228 Å². The standard InChI is InChI=1S/C34H42N2O2/c1-33-19-10-15-28(33)26-16-17-30-34(2,29(26)18-20-33)21-27(31(37)35(30)3)32(38)36(22-24-11-6-4-7-12-24)23-25-13-8-5-9-14-25/h4-9,11-14,21,26,28-30H,10,15-20,22-23H2,1-3H3/t26-,28-,29+,30?,33-,34+/m0/s1. The van der Waals surface area contributed by atoms with E-state index in [0.717, 1.165) is 23.5 Å². The molecule has 6 rings (SSSR count). The molecule has 4 nitrogen and oxygen atoms in total. The fraction of sp³-hybridized carbons (Fsp3) is 0.529. The SMILES string of the molecule is CN1C(=O)C(C(=O)N(Cc2ccccc2)Cc2ccccc2)=C[C@@]2(C)C1CC[C@@H]1[C@H]2CC[C@]2(C)CCC[C@@H]12. The Morgan fingerprint density at radius 2 is 1.50 bits per heavy atom. The van der Waals surface area contributed by atoms with Crippen LogP contribution in [0, 0.1) is 28.6 Å². The molecule has 3 fully saturated rings. The van der Waals surface area contributed by atoms with Gasteiger partial charge in [-0.25, -0.2) is 0 Å². The van der Waals surface area contributed by atoms with Crippen molar-refractivity contribution in [2.24, 2.45) is 28.6 Å². The molecule has 4 heteroatoms. The predicted octanol–water partition coefficient (Wildman–Crippen LogP) is 6.62. The number of rotatable bonds is 5. The molecule has 1 unspecified atom stereocenters. The molecule has 1 aliphatic heterocycles. The van der Waals surface area contributed by atoms with E-state index in [1.807, 2.05) is 53.2 Å². The van der Waals surface area contributed by atoms with E-state index in [-0.39, 0.29) is 23.3 Å². The van der Waals surface area contributed by atoms with E-state index in [1.165, 1.54) is 38.5 Å². The van der Waals surface area contributed by atoms with Gasteiger partial charge in [-0.05, 0) is 72.8 Å². The second-order valence-corrected chi connectivity index (χ2v) is 13.0. The van der Waals surface area contributed by atoms with Gasteiger partial charge in [0, 0.05) is 31.6 Å². The maximum absolute atomic E-state index is 14.3. The van der Waals surface area contributed by atoms with Crippen LogP contribution in [0.15, 0.2) is 72.3 Å². The van der Waals surface area contributed by atoms with Gasteiger partial charge in [0.1, 0.15) is 5.57 Å². The molecule has 3 aliphatic carbocycles.